The van der Waals surface area contributed by atoms with E-state index in [9.17, 15) is 5.11 Å². The molecule has 1 aromatic rings. The smallest absolute Gasteiger partial charge is 0.0804 e. The Hall–Kier alpha value is -0.900. The fourth-order valence-corrected chi connectivity index (χ4v) is 3.06. The molecule has 0 saturated carbocycles. The van der Waals surface area contributed by atoms with Gasteiger partial charge < -0.3 is 14.7 Å². The van der Waals surface area contributed by atoms with Crippen LogP contribution in [0.1, 0.15) is 49.8 Å². The number of likely N-dealkylation sites (tertiary alicyclic amines) is 1. The summed E-state index contributed by atoms with van der Waals surface area (Å²) in [5.74, 6) is 0. The van der Waals surface area contributed by atoms with Gasteiger partial charge >= 0.3 is 0 Å². The van der Waals surface area contributed by atoms with E-state index in [1.54, 1.807) is 0 Å². The van der Waals surface area contributed by atoms with Crippen molar-refractivity contribution >= 4 is 0 Å². The third-order valence-electron chi connectivity index (χ3n) is 4.29. The minimum Gasteiger partial charge on any atom is -0.388 e. The van der Waals surface area contributed by atoms with Crippen LogP contribution in [0.4, 0.5) is 0 Å². The fourth-order valence-electron chi connectivity index (χ4n) is 3.06. The van der Waals surface area contributed by atoms with Gasteiger partial charge in [-0.25, -0.2) is 0 Å². The first-order chi connectivity index (χ1) is 10.2. The normalized spacial score (nSPS) is 21.4. The molecule has 0 spiro atoms. The third-order valence-corrected chi connectivity index (χ3v) is 4.29. The number of aliphatic hydroxyl groups is 1. The van der Waals surface area contributed by atoms with Crippen molar-refractivity contribution in [1.82, 2.24) is 4.90 Å². The van der Waals surface area contributed by atoms with Gasteiger partial charge in [-0.3, -0.25) is 0 Å². The van der Waals surface area contributed by atoms with Crippen molar-refractivity contribution in [3.8, 4) is 0 Å². The Morgan fingerprint density at radius 1 is 1.38 bits per heavy atom. The van der Waals surface area contributed by atoms with Crippen molar-refractivity contribution in [1.29, 1.82) is 0 Å². The highest BCUT2D eigenvalue weighted by atomic mass is 16.5. The summed E-state index contributed by atoms with van der Waals surface area (Å²) in [4.78, 5) is 2.44. The molecule has 0 aromatic heterocycles. The van der Waals surface area contributed by atoms with Crippen LogP contribution in [0.15, 0.2) is 24.3 Å². The Morgan fingerprint density at radius 2 is 2.19 bits per heavy atom. The Bertz CT molecular complexity index is 421. The molecule has 1 aliphatic rings. The zero-order chi connectivity index (χ0) is 15.1. The summed E-state index contributed by atoms with van der Waals surface area (Å²) in [6.45, 7) is 8.17. The zero-order valence-electron chi connectivity index (χ0n) is 13.4. The van der Waals surface area contributed by atoms with Crippen LogP contribution in [-0.2, 0) is 4.74 Å². The number of aliphatic hydroxyl groups excluding tert-OH is 1. The monoisotopic (exact) mass is 291 g/mol. The minimum atomic E-state index is -0.358. The molecular formula is C18H29NO2. The summed E-state index contributed by atoms with van der Waals surface area (Å²) in [6.07, 6.45) is 4.29. The van der Waals surface area contributed by atoms with Crippen LogP contribution in [0, 0.1) is 6.92 Å². The van der Waals surface area contributed by atoms with Gasteiger partial charge in [0.2, 0.25) is 0 Å². The molecule has 1 aliphatic heterocycles. The van der Waals surface area contributed by atoms with E-state index in [-0.39, 0.29) is 6.10 Å². The lowest BCUT2D eigenvalue weighted by atomic mass is 10.0. The quantitative estimate of drug-likeness (QED) is 0.836. The van der Waals surface area contributed by atoms with Gasteiger partial charge in [0.15, 0.2) is 0 Å². The molecule has 1 saturated heterocycles. The maximum absolute atomic E-state index is 10.4. The van der Waals surface area contributed by atoms with Crippen LogP contribution in [-0.4, -0.2) is 42.4 Å². The lowest BCUT2D eigenvalue weighted by Crippen LogP contribution is -2.40. The van der Waals surface area contributed by atoms with Crippen molar-refractivity contribution < 1.29 is 9.84 Å². The van der Waals surface area contributed by atoms with Crippen LogP contribution in [0.5, 0.6) is 0 Å². The summed E-state index contributed by atoms with van der Waals surface area (Å²) in [5, 5.41) is 10.4. The number of hydrogen-bond acceptors (Lipinski definition) is 3. The van der Waals surface area contributed by atoms with Gasteiger partial charge in [0.25, 0.3) is 0 Å². The fraction of sp³-hybridized carbons (Fsp3) is 0.667. The number of hydrogen-bond donors (Lipinski definition) is 1. The molecule has 2 rings (SSSR count). The molecule has 1 heterocycles. The summed E-state index contributed by atoms with van der Waals surface area (Å²) in [5.41, 5.74) is 2.24. The van der Waals surface area contributed by atoms with E-state index >= 15 is 0 Å². The first kappa shape index (κ1) is 16.5. The highest BCUT2D eigenvalue weighted by Gasteiger charge is 2.21. The maximum atomic E-state index is 10.4. The zero-order valence-corrected chi connectivity index (χ0v) is 13.4. The van der Waals surface area contributed by atoms with Gasteiger partial charge in [-0.2, -0.15) is 0 Å². The highest BCUT2D eigenvalue weighted by molar-refractivity contribution is 5.27. The molecule has 2 atom stereocenters. The average molecular weight is 291 g/mol. The first-order valence-corrected chi connectivity index (χ1v) is 8.28. The van der Waals surface area contributed by atoms with E-state index in [0.717, 1.165) is 44.6 Å². The van der Waals surface area contributed by atoms with Crippen LogP contribution in [0.3, 0.4) is 0 Å². The van der Waals surface area contributed by atoms with Crippen LogP contribution in [0.2, 0.25) is 0 Å². The number of piperidine rings is 1. The summed E-state index contributed by atoms with van der Waals surface area (Å²) in [6, 6.07) is 8.12. The second-order valence-corrected chi connectivity index (χ2v) is 6.10. The molecule has 2 unspecified atom stereocenters. The number of benzene rings is 1. The van der Waals surface area contributed by atoms with Gasteiger partial charge in [-0.15, -0.1) is 0 Å². The lowest BCUT2D eigenvalue weighted by molar-refractivity contribution is -0.00349. The minimum absolute atomic E-state index is 0.358. The van der Waals surface area contributed by atoms with Crippen molar-refractivity contribution in [2.45, 2.75) is 51.7 Å². The molecule has 1 fully saturated rings. The predicted molar refractivity (Wildman–Crippen MR) is 86.5 cm³/mol. The summed E-state index contributed by atoms with van der Waals surface area (Å²) in [7, 11) is 0. The van der Waals surface area contributed by atoms with E-state index in [0.29, 0.717) is 6.10 Å². The Balaban J connectivity index is 1.78. The molecule has 0 aliphatic carbocycles. The van der Waals surface area contributed by atoms with E-state index in [1.165, 1.54) is 18.4 Å². The molecule has 118 valence electrons. The molecule has 1 aromatic carbocycles. The topological polar surface area (TPSA) is 32.7 Å². The van der Waals surface area contributed by atoms with Crippen LogP contribution < -0.4 is 0 Å². The lowest BCUT2D eigenvalue weighted by Gasteiger charge is -2.33. The van der Waals surface area contributed by atoms with Crippen LogP contribution in [0.25, 0.3) is 0 Å². The Kier molecular flexibility index (Phi) is 6.68. The third kappa shape index (κ3) is 5.10. The van der Waals surface area contributed by atoms with Gasteiger partial charge in [0.1, 0.15) is 0 Å². The highest BCUT2D eigenvalue weighted by Crippen LogP contribution is 2.22. The largest absolute Gasteiger partial charge is 0.388 e. The molecule has 3 heteroatoms. The molecule has 0 bridgehead atoms. The standard InChI is InChI=1S/C18H29NO2/c1-3-13-21-16-8-6-11-19(14-16)12-10-18(20)17-9-5-4-7-15(17)2/h4-5,7,9,16,18,20H,3,6,8,10-14H2,1-2H3. The molecule has 0 amide bonds. The second kappa shape index (κ2) is 8.52. The average Bonchev–Trinajstić information content (AvgIpc) is 2.51. The van der Waals surface area contributed by atoms with Gasteiger partial charge in [0.05, 0.1) is 12.2 Å². The maximum Gasteiger partial charge on any atom is 0.0804 e. The number of nitrogens with zero attached hydrogens (tertiary/aromatic N) is 1. The van der Waals surface area contributed by atoms with Crippen LogP contribution >= 0.6 is 0 Å². The molecule has 1 N–H and O–H groups in total. The second-order valence-electron chi connectivity index (χ2n) is 6.10. The van der Waals surface area contributed by atoms with Gasteiger partial charge in [0, 0.05) is 19.7 Å². The summed E-state index contributed by atoms with van der Waals surface area (Å²) >= 11 is 0. The number of ether oxygens (including phenoxy) is 1. The molecule has 3 nitrogen and oxygen atoms in total. The van der Waals surface area contributed by atoms with Crippen molar-refractivity contribution in [2.24, 2.45) is 0 Å². The van der Waals surface area contributed by atoms with E-state index in [4.69, 9.17) is 4.74 Å². The molecular weight excluding hydrogens is 262 g/mol. The van der Waals surface area contributed by atoms with E-state index in [2.05, 4.69) is 24.8 Å². The first-order valence-electron chi connectivity index (χ1n) is 8.28. The Morgan fingerprint density at radius 3 is 2.95 bits per heavy atom. The summed E-state index contributed by atoms with van der Waals surface area (Å²) < 4.78 is 5.87. The van der Waals surface area contributed by atoms with E-state index in [1.807, 2.05) is 18.2 Å². The predicted octanol–water partition coefficient (Wildman–Crippen LogP) is 3.31. The molecule has 21 heavy (non-hydrogen) atoms. The van der Waals surface area contributed by atoms with Crippen molar-refractivity contribution in [2.75, 3.05) is 26.2 Å². The number of rotatable bonds is 7. The SMILES string of the molecule is CCCOC1CCCN(CCC(O)c2ccccc2C)C1. The van der Waals surface area contributed by atoms with Gasteiger partial charge in [-0.1, -0.05) is 31.2 Å². The van der Waals surface area contributed by atoms with Crippen molar-refractivity contribution in [3.05, 3.63) is 35.4 Å². The van der Waals surface area contributed by atoms with Gasteiger partial charge in [-0.05, 0) is 50.3 Å². The Labute approximate surface area is 128 Å². The van der Waals surface area contributed by atoms with E-state index < -0.39 is 0 Å². The molecule has 0 radical (unpaired) electrons. The van der Waals surface area contributed by atoms with Crippen molar-refractivity contribution in [3.63, 3.8) is 0 Å². The number of aryl methyl sites for hydroxylation is 1.